The molecule has 0 aliphatic rings. The number of halogens is 1. The fourth-order valence-corrected chi connectivity index (χ4v) is 1.46. The fraction of sp³-hybridized carbons (Fsp3) is 0.364. The average molecular weight is 258 g/mol. The summed E-state index contributed by atoms with van der Waals surface area (Å²) in [4.78, 5) is 20.9. The number of ketones is 1. The first-order chi connectivity index (χ1) is 7.90. The SMILES string of the molecule is CC(C)Oc1ccc(C(=O)C[N+](=O)[O-])cc1Cl. The number of nitro groups is 1. The Kier molecular flexibility index (Phi) is 4.45. The van der Waals surface area contributed by atoms with Crippen LogP contribution < -0.4 is 4.74 Å². The van der Waals surface area contributed by atoms with Crippen molar-refractivity contribution in [2.75, 3.05) is 6.54 Å². The minimum absolute atomic E-state index is 0.0344. The van der Waals surface area contributed by atoms with Gasteiger partial charge < -0.3 is 4.74 Å². The zero-order valence-corrected chi connectivity index (χ0v) is 10.2. The quantitative estimate of drug-likeness (QED) is 0.462. The van der Waals surface area contributed by atoms with Gasteiger partial charge in [-0.2, -0.15) is 0 Å². The standard InChI is InChI=1S/C11H12ClNO4/c1-7(2)17-11-4-3-8(5-9(11)12)10(14)6-13(15)16/h3-5,7H,6H2,1-2H3. The van der Waals surface area contributed by atoms with Gasteiger partial charge in [0.05, 0.1) is 11.1 Å². The third-order valence-corrected chi connectivity index (χ3v) is 2.18. The lowest BCUT2D eigenvalue weighted by Crippen LogP contribution is -2.14. The number of hydrogen-bond acceptors (Lipinski definition) is 4. The topological polar surface area (TPSA) is 69.4 Å². The summed E-state index contributed by atoms with van der Waals surface area (Å²) in [5.74, 6) is -0.118. The zero-order valence-electron chi connectivity index (χ0n) is 9.47. The molecule has 0 radical (unpaired) electrons. The fourth-order valence-electron chi connectivity index (χ4n) is 1.23. The van der Waals surface area contributed by atoms with Gasteiger partial charge in [0.25, 0.3) is 6.54 Å². The normalized spacial score (nSPS) is 10.4. The van der Waals surface area contributed by atoms with Crippen LogP contribution in [0.5, 0.6) is 5.75 Å². The largest absolute Gasteiger partial charge is 0.489 e. The van der Waals surface area contributed by atoms with E-state index in [2.05, 4.69) is 0 Å². The Morgan fingerprint density at radius 2 is 2.18 bits per heavy atom. The van der Waals surface area contributed by atoms with Crippen LogP contribution >= 0.6 is 11.6 Å². The molecule has 0 aliphatic carbocycles. The second kappa shape index (κ2) is 5.63. The first kappa shape index (κ1) is 13.4. The Bertz CT molecular complexity index is 445. The van der Waals surface area contributed by atoms with E-state index in [0.717, 1.165) is 0 Å². The molecule has 1 rings (SSSR count). The second-order valence-electron chi connectivity index (χ2n) is 3.73. The summed E-state index contributed by atoms with van der Waals surface area (Å²) in [5, 5.41) is 10.5. The molecule has 6 heteroatoms. The highest BCUT2D eigenvalue weighted by Gasteiger charge is 2.14. The third kappa shape index (κ3) is 4.03. The predicted octanol–water partition coefficient (Wildman–Crippen LogP) is 2.59. The Morgan fingerprint density at radius 3 is 2.65 bits per heavy atom. The maximum atomic E-state index is 11.4. The third-order valence-electron chi connectivity index (χ3n) is 1.89. The van der Waals surface area contributed by atoms with Crippen molar-refractivity contribution in [2.24, 2.45) is 0 Å². The van der Waals surface area contributed by atoms with Crippen LogP contribution in [0.3, 0.4) is 0 Å². The molecule has 0 bridgehead atoms. The van der Waals surface area contributed by atoms with Gasteiger partial charge in [0.1, 0.15) is 5.75 Å². The van der Waals surface area contributed by atoms with Gasteiger partial charge in [-0.25, -0.2) is 0 Å². The molecule has 5 nitrogen and oxygen atoms in total. The molecular formula is C11H12ClNO4. The molecule has 0 saturated heterocycles. The molecule has 0 fully saturated rings. The van der Waals surface area contributed by atoms with E-state index in [0.29, 0.717) is 5.75 Å². The summed E-state index contributed by atoms with van der Waals surface area (Å²) in [6.45, 7) is 2.96. The second-order valence-corrected chi connectivity index (χ2v) is 4.13. The van der Waals surface area contributed by atoms with Crippen LogP contribution in [0.4, 0.5) is 0 Å². The smallest absolute Gasteiger partial charge is 0.265 e. The molecule has 92 valence electrons. The minimum atomic E-state index is -0.735. The van der Waals surface area contributed by atoms with Crippen LogP contribution in [0.2, 0.25) is 5.02 Å². The van der Waals surface area contributed by atoms with E-state index >= 15 is 0 Å². The van der Waals surface area contributed by atoms with Crippen LogP contribution in [-0.2, 0) is 0 Å². The van der Waals surface area contributed by atoms with Crippen LogP contribution in [0, 0.1) is 10.1 Å². The Labute approximate surface area is 103 Å². The van der Waals surface area contributed by atoms with Crippen molar-refractivity contribution in [3.05, 3.63) is 38.9 Å². The highest BCUT2D eigenvalue weighted by atomic mass is 35.5. The van der Waals surface area contributed by atoms with Crippen LogP contribution in [0.1, 0.15) is 24.2 Å². The van der Waals surface area contributed by atoms with Crippen molar-refractivity contribution in [1.82, 2.24) is 0 Å². The molecule has 17 heavy (non-hydrogen) atoms. The molecule has 0 N–H and O–H groups in total. The average Bonchev–Trinajstić information content (AvgIpc) is 2.19. The number of hydrogen-bond donors (Lipinski definition) is 0. The molecule has 0 saturated carbocycles. The van der Waals surface area contributed by atoms with Gasteiger partial charge >= 0.3 is 0 Å². The summed E-state index contributed by atoms with van der Waals surface area (Å²) in [6.07, 6.45) is -0.0344. The number of ether oxygens (including phenoxy) is 1. The highest BCUT2D eigenvalue weighted by Crippen LogP contribution is 2.26. The van der Waals surface area contributed by atoms with Crippen molar-refractivity contribution >= 4 is 17.4 Å². The van der Waals surface area contributed by atoms with Crippen molar-refractivity contribution in [3.63, 3.8) is 0 Å². The van der Waals surface area contributed by atoms with Gasteiger partial charge in [-0.05, 0) is 32.0 Å². The van der Waals surface area contributed by atoms with Gasteiger partial charge in [-0.1, -0.05) is 11.6 Å². The predicted molar refractivity (Wildman–Crippen MR) is 63.4 cm³/mol. The summed E-state index contributed by atoms with van der Waals surface area (Å²) < 4.78 is 5.38. The minimum Gasteiger partial charge on any atom is -0.489 e. The van der Waals surface area contributed by atoms with Gasteiger partial charge in [0.15, 0.2) is 0 Å². The maximum absolute atomic E-state index is 11.4. The molecule has 0 heterocycles. The van der Waals surface area contributed by atoms with Crippen molar-refractivity contribution < 1.29 is 14.5 Å². The maximum Gasteiger partial charge on any atom is 0.265 e. The van der Waals surface area contributed by atoms with Crippen molar-refractivity contribution in [2.45, 2.75) is 20.0 Å². The van der Waals surface area contributed by atoms with Gasteiger partial charge in [0, 0.05) is 10.5 Å². The Balaban J connectivity index is 2.88. The molecule has 1 aromatic carbocycles. The van der Waals surface area contributed by atoms with E-state index in [1.54, 1.807) is 0 Å². The number of carbonyl (C=O) groups excluding carboxylic acids is 1. The molecule has 0 amide bonds. The zero-order chi connectivity index (χ0) is 13.0. The molecule has 0 aliphatic heterocycles. The van der Waals surface area contributed by atoms with Gasteiger partial charge in [0.2, 0.25) is 5.78 Å². The molecule has 0 unspecified atom stereocenters. The lowest BCUT2D eigenvalue weighted by atomic mass is 10.1. The van der Waals surface area contributed by atoms with Crippen molar-refractivity contribution in [3.8, 4) is 5.75 Å². The van der Waals surface area contributed by atoms with Crippen molar-refractivity contribution in [1.29, 1.82) is 0 Å². The number of carbonyl (C=O) groups is 1. The molecule has 0 spiro atoms. The first-order valence-electron chi connectivity index (χ1n) is 5.01. The Morgan fingerprint density at radius 1 is 1.53 bits per heavy atom. The highest BCUT2D eigenvalue weighted by molar-refractivity contribution is 6.32. The van der Waals surface area contributed by atoms with Crippen LogP contribution in [-0.4, -0.2) is 23.4 Å². The summed E-state index contributed by atoms with van der Waals surface area (Å²) in [6, 6.07) is 4.38. The lowest BCUT2D eigenvalue weighted by molar-refractivity contribution is -0.465. The lowest BCUT2D eigenvalue weighted by Gasteiger charge is -2.11. The Hall–Kier alpha value is -1.62. The first-order valence-corrected chi connectivity index (χ1v) is 5.39. The number of Topliss-reactive ketones (excluding diaryl/α,β-unsaturated/α-hetero) is 1. The van der Waals surface area contributed by atoms with Crippen LogP contribution in [0.15, 0.2) is 18.2 Å². The summed E-state index contributed by atoms with van der Waals surface area (Å²) in [7, 11) is 0. The van der Waals surface area contributed by atoms with E-state index in [-0.39, 0.29) is 16.7 Å². The molecular weight excluding hydrogens is 246 g/mol. The van der Waals surface area contributed by atoms with E-state index in [1.165, 1.54) is 18.2 Å². The van der Waals surface area contributed by atoms with Crippen LogP contribution in [0.25, 0.3) is 0 Å². The van der Waals surface area contributed by atoms with E-state index < -0.39 is 17.3 Å². The molecule has 0 atom stereocenters. The van der Waals surface area contributed by atoms with E-state index in [1.807, 2.05) is 13.8 Å². The summed E-state index contributed by atoms with van der Waals surface area (Å²) >= 11 is 5.91. The van der Waals surface area contributed by atoms with Gasteiger partial charge in [-0.15, -0.1) is 0 Å². The molecule has 1 aromatic rings. The van der Waals surface area contributed by atoms with E-state index in [4.69, 9.17) is 16.3 Å². The number of benzene rings is 1. The van der Waals surface area contributed by atoms with E-state index in [9.17, 15) is 14.9 Å². The summed E-state index contributed by atoms with van der Waals surface area (Å²) in [5.41, 5.74) is 0.211. The number of nitrogens with zero attached hydrogens (tertiary/aromatic N) is 1. The number of rotatable bonds is 5. The monoisotopic (exact) mass is 257 g/mol. The van der Waals surface area contributed by atoms with Gasteiger partial charge in [-0.3, -0.25) is 14.9 Å². The molecule has 0 aromatic heterocycles.